The molecular weight excluding hydrogens is 394 g/mol. The van der Waals surface area contributed by atoms with Crippen LogP contribution in [0.5, 0.6) is 0 Å². The summed E-state index contributed by atoms with van der Waals surface area (Å²) < 4.78 is 5.24. The molecule has 0 saturated carbocycles. The van der Waals surface area contributed by atoms with Crippen molar-refractivity contribution in [2.75, 3.05) is 11.9 Å². The Morgan fingerprint density at radius 3 is 2.41 bits per heavy atom. The van der Waals surface area contributed by atoms with Crippen molar-refractivity contribution >= 4 is 33.2 Å². The van der Waals surface area contributed by atoms with Crippen molar-refractivity contribution in [2.24, 2.45) is 5.92 Å². The molecule has 0 amide bonds. The topological polar surface area (TPSA) is 38.3 Å². The van der Waals surface area contributed by atoms with E-state index in [-0.39, 0.29) is 17.9 Å². The van der Waals surface area contributed by atoms with Crippen LogP contribution in [0.1, 0.15) is 46.8 Å². The zero-order valence-electron chi connectivity index (χ0n) is 18.0. The van der Waals surface area contributed by atoms with Crippen LogP contribution in [-0.2, 0) is 4.74 Å². The zero-order valence-corrected chi connectivity index (χ0v) is 18.0. The van der Waals surface area contributed by atoms with Gasteiger partial charge in [0, 0.05) is 11.6 Å². The molecule has 0 radical (unpaired) electrons. The number of hydrogen-bond donors (Lipinski definition) is 1. The van der Waals surface area contributed by atoms with Crippen molar-refractivity contribution in [3.05, 3.63) is 102 Å². The molecule has 0 bridgehead atoms. The number of esters is 1. The number of anilines is 1. The fourth-order valence-corrected chi connectivity index (χ4v) is 5.61. The minimum absolute atomic E-state index is 0.187. The Bertz CT molecular complexity index is 1330. The number of rotatable bonds is 3. The van der Waals surface area contributed by atoms with Gasteiger partial charge in [0.2, 0.25) is 0 Å². The van der Waals surface area contributed by atoms with E-state index in [2.05, 4.69) is 72.1 Å². The van der Waals surface area contributed by atoms with Gasteiger partial charge in [-0.1, -0.05) is 60.7 Å². The average molecular weight is 420 g/mol. The van der Waals surface area contributed by atoms with E-state index in [0.717, 1.165) is 12.1 Å². The molecule has 3 heteroatoms. The minimum atomic E-state index is -0.254. The highest BCUT2D eigenvalue weighted by molar-refractivity contribution is 6.03. The number of ether oxygens (including phenoxy) is 1. The predicted molar refractivity (Wildman–Crippen MR) is 130 cm³/mol. The summed E-state index contributed by atoms with van der Waals surface area (Å²) in [4.78, 5) is 12.3. The fraction of sp³-hybridized carbons (Fsp3) is 0.207. The molecule has 1 aliphatic carbocycles. The summed E-state index contributed by atoms with van der Waals surface area (Å²) in [6, 6.07) is 25.8. The molecule has 4 aromatic rings. The van der Waals surface area contributed by atoms with Crippen LogP contribution < -0.4 is 5.32 Å². The van der Waals surface area contributed by atoms with Gasteiger partial charge in [-0.15, -0.1) is 0 Å². The van der Waals surface area contributed by atoms with Crippen LogP contribution in [0, 0.1) is 5.92 Å². The highest BCUT2D eigenvalue weighted by Gasteiger charge is 2.39. The molecule has 0 aromatic heterocycles. The molecule has 1 N–H and O–H groups in total. The molecule has 158 valence electrons. The third-order valence-electron chi connectivity index (χ3n) is 7.00. The van der Waals surface area contributed by atoms with Crippen LogP contribution >= 0.6 is 0 Å². The van der Waals surface area contributed by atoms with Gasteiger partial charge in [0.15, 0.2) is 0 Å². The van der Waals surface area contributed by atoms with Crippen molar-refractivity contribution in [1.82, 2.24) is 0 Å². The van der Waals surface area contributed by atoms with Gasteiger partial charge in [-0.05, 0) is 76.2 Å². The third-order valence-corrected chi connectivity index (χ3v) is 7.00. The maximum atomic E-state index is 12.3. The maximum absolute atomic E-state index is 12.3. The van der Waals surface area contributed by atoms with E-state index in [1.54, 1.807) is 0 Å². The largest absolute Gasteiger partial charge is 0.462 e. The number of hydrogen-bond acceptors (Lipinski definition) is 3. The van der Waals surface area contributed by atoms with E-state index < -0.39 is 0 Å². The van der Waals surface area contributed by atoms with Gasteiger partial charge in [-0.25, -0.2) is 4.79 Å². The fourth-order valence-electron chi connectivity index (χ4n) is 5.61. The first kappa shape index (κ1) is 19.1. The quantitative estimate of drug-likeness (QED) is 0.221. The van der Waals surface area contributed by atoms with E-state index in [1.165, 1.54) is 32.7 Å². The Balaban J connectivity index is 1.53. The standard InChI is InChI=1S/C29H25NO2/c1-2-32-29(31)20-14-15-26-25(17-20)23-12-7-13-24(23)28(30-26)27-21-10-5-3-8-18(21)16-19-9-4-6-11-22(19)27/h3-12,14-17,23-24,28,30H,2,13H2,1H3/t23-,24+,28-/m1/s1. The second kappa shape index (κ2) is 7.52. The molecule has 0 fully saturated rings. The normalized spacial score (nSPS) is 21.2. The Kier molecular flexibility index (Phi) is 4.50. The molecule has 0 saturated heterocycles. The molecule has 0 unspecified atom stereocenters. The van der Waals surface area contributed by atoms with Gasteiger partial charge < -0.3 is 10.1 Å². The first-order valence-corrected chi connectivity index (χ1v) is 11.4. The van der Waals surface area contributed by atoms with Gasteiger partial charge in [0.05, 0.1) is 18.2 Å². The van der Waals surface area contributed by atoms with Crippen molar-refractivity contribution in [2.45, 2.75) is 25.3 Å². The molecule has 2 aliphatic rings. The summed E-state index contributed by atoms with van der Waals surface area (Å²) >= 11 is 0. The first-order chi connectivity index (χ1) is 15.7. The number of fused-ring (bicyclic) bond motifs is 5. The van der Waals surface area contributed by atoms with Crippen LogP contribution in [-0.4, -0.2) is 12.6 Å². The smallest absolute Gasteiger partial charge is 0.338 e. The van der Waals surface area contributed by atoms with Crippen molar-refractivity contribution in [3.8, 4) is 0 Å². The highest BCUT2D eigenvalue weighted by Crippen LogP contribution is 2.52. The lowest BCUT2D eigenvalue weighted by molar-refractivity contribution is 0.0526. The number of carbonyl (C=O) groups excluding carboxylic acids is 1. The van der Waals surface area contributed by atoms with Crippen LogP contribution in [0.2, 0.25) is 0 Å². The molecule has 1 heterocycles. The number of allylic oxidation sites excluding steroid dienone is 2. The first-order valence-electron chi connectivity index (χ1n) is 11.4. The SMILES string of the molecule is CCOC(=O)c1ccc2c(c1)[C@@H]1C=CC[C@@H]1[C@H](c1c3ccccc3cc3ccccc13)N2. The van der Waals surface area contributed by atoms with Gasteiger partial charge in [-0.3, -0.25) is 0 Å². The number of carbonyl (C=O) groups is 1. The lowest BCUT2D eigenvalue weighted by Crippen LogP contribution is -2.29. The Labute approximate surface area is 187 Å². The summed E-state index contributed by atoms with van der Waals surface area (Å²) in [6.07, 6.45) is 5.63. The second-order valence-electron chi connectivity index (χ2n) is 8.73. The van der Waals surface area contributed by atoms with Gasteiger partial charge >= 0.3 is 5.97 Å². The molecule has 0 spiro atoms. The number of nitrogens with one attached hydrogen (secondary N) is 1. The molecule has 6 rings (SSSR count). The van der Waals surface area contributed by atoms with E-state index in [4.69, 9.17) is 4.74 Å². The molecule has 1 aliphatic heterocycles. The Morgan fingerprint density at radius 2 is 1.69 bits per heavy atom. The predicted octanol–water partition coefficient (Wildman–Crippen LogP) is 7.00. The van der Waals surface area contributed by atoms with E-state index in [9.17, 15) is 4.79 Å². The van der Waals surface area contributed by atoms with Gasteiger partial charge in [0.1, 0.15) is 0 Å². The van der Waals surface area contributed by atoms with Crippen molar-refractivity contribution in [3.63, 3.8) is 0 Å². The summed E-state index contributed by atoms with van der Waals surface area (Å²) in [6.45, 7) is 2.23. The van der Waals surface area contributed by atoms with Crippen LogP contribution in [0.15, 0.2) is 84.9 Å². The summed E-state index contributed by atoms with van der Waals surface area (Å²) in [5, 5.41) is 9.03. The third kappa shape index (κ3) is 2.92. The molecule has 32 heavy (non-hydrogen) atoms. The second-order valence-corrected chi connectivity index (χ2v) is 8.73. The molecular formula is C29H25NO2. The van der Waals surface area contributed by atoms with E-state index in [0.29, 0.717) is 18.1 Å². The molecule has 3 atom stereocenters. The number of benzene rings is 4. The summed E-state index contributed by atoms with van der Waals surface area (Å²) in [7, 11) is 0. The zero-order chi connectivity index (χ0) is 21.7. The minimum Gasteiger partial charge on any atom is -0.462 e. The summed E-state index contributed by atoms with van der Waals surface area (Å²) in [5.74, 6) is 0.425. The molecule has 4 aromatic carbocycles. The van der Waals surface area contributed by atoms with Crippen LogP contribution in [0.4, 0.5) is 5.69 Å². The van der Waals surface area contributed by atoms with E-state index >= 15 is 0 Å². The monoisotopic (exact) mass is 419 g/mol. The lowest BCUT2D eigenvalue weighted by Gasteiger charge is -2.38. The maximum Gasteiger partial charge on any atom is 0.338 e. The van der Waals surface area contributed by atoms with Gasteiger partial charge in [-0.2, -0.15) is 0 Å². The Hall–Kier alpha value is -3.59. The summed E-state index contributed by atoms with van der Waals surface area (Å²) in [5.41, 5.74) is 4.29. The average Bonchev–Trinajstić information content (AvgIpc) is 3.32. The van der Waals surface area contributed by atoms with Crippen LogP contribution in [0.25, 0.3) is 21.5 Å². The van der Waals surface area contributed by atoms with Crippen molar-refractivity contribution in [1.29, 1.82) is 0 Å². The van der Waals surface area contributed by atoms with Crippen molar-refractivity contribution < 1.29 is 9.53 Å². The molecule has 3 nitrogen and oxygen atoms in total. The lowest BCUT2D eigenvalue weighted by atomic mass is 9.75. The highest BCUT2D eigenvalue weighted by atomic mass is 16.5. The van der Waals surface area contributed by atoms with Gasteiger partial charge in [0.25, 0.3) is 0 Å². The van der Waals surface area contributed by atoms with Crippen LogP contribution in [0.3, 0.4) is 0 Å². The van der Waals surface area contributed by atoms with E-state index in [1.807, 2.05) is 25.1 Å². The Morgan fingerprint density at radius 1 is 0.969 bits per heavy atom.